The van der Waals surface area contributed by atoms with E-state index in [-0.39, 0.29) is 0 Å². The quantitative estimate of drug-likeness (QED) is 0.837. The zero-order chi connectivity index (χ0) is 13.8. The number of imidazole rings is 1. The van der Waals surface area contributed by atoms with Crippen LogP contribution in [0, 0.1) is 6.92 Å². The molecule has 0 atom stereocenters. The minimum atomic E-state index is 0.537. The summed E-state index contributed by atoms with van der Waals surface area (Å²) in [6, 6.07) is 5.47. The van der Waals surface area contributed by atoms with Gasteiger partial charge in [0.1, 0.15) is 0 Å². The van der Waals surface area contributed by atoms with E-state index in [0.29, 0.717) is 10.0 Å². The van der Waals surface area contributed by atoms with Crippen LogP contribution in [-0.4, -0.2) is 9.55 Å². The van der Waals surface area contributed by atoms with Crippen LogP contribution in [0.25, 0.3) is 0 Å². The molecule has 19 heavy (non-hydrogen) atoms. The van der Waals surface area contributed by atoms with Crippen molar-refractivity contribution in [2.45, 2.75) is 33.2 Å². The number of nitrogens with zero attached hydrogens (tertiary/aromatic N) is 2. The molecule has 0 spiro atoms. The molecule has 0 bridgehead atoms. The molecule has 1 aromatic heterocycles. The second kappa shape index (κ2) is 6.31. The lowest BCUT2D eigenvalue weighted by molar-refractivity contribution is 0.637. The van der Waals surface area contributed by atoms with Gasteiger partial charge >= 0.3 is 0 Å². The van der Waals surface area contributed by atoms with Gasteiger partial charge in [0.2, 0.25) is 5.95 Å². The first-order chi connectivity index (χ1) is 9.10. The highest BCUT2D eigenvalue weighted by Crippen LogP contribution is 2.26. The number of nitrogens with one attached hydrogen (secondary N) is 1. The molecule has 0 aliphatic carbocycles. The number of hydrogen-bond donors (Lipinski definition) is 1. The monoisotopic (exact) mass is 297 g/mol. The Bertz CT molecular complexity index is 564. The van der Waals surface area contributed by atoms with Crippen LogP contribution in [0.2, 0.25) is 10.0 Å². The molecule has 2 rings (SSSR count). The maximum absolute atomic E-state index is 6.01. The van der Waals surface area contributed by atoms with E-state index >= 15 is 0 Å². The predicted molar refractivity (Wildman–Crippen MR) is 81.6 cm³/mol. The summed E-state index contributed by atoms with van der Waals surface area (Å²) in [5.41, 5.74) is 1.89. The van der Waals surface area contributed by atoms with Crippen molar-refractivity contribution in [3.63, 3.8) is 0 Å². The predicted octanol–water partition coefficient (Wildman–Crippen LogP) is 5.04. The zero-order valence-electron chi connectivity index (χ0n) is 11.1. The minimum absolute atomic E-state index is 0.537. The molecule has 102 valence electrons. The van der Waals surface area contributed by atoms with Crippen molar-refractivity contribution in [1.82, 2.24) is 9.55 Å². The summed E-state index contributed by atoms with van der Waals surface area (Å²) in [5, 5.41) is 4.37. The van der Waals surface area contributed by atoms with Crippen LogP contribution >= 0.6 is 23.2 Å². The zero-order valence-corrected chi connectivity index (χ0v) is 12.6. The van der Waals surface area contributed by atoms with Crippen LogP contribution in [0.5, 0.6) is 0 Å². The molecule has 2 aromatic rings. The van der Waals surface area contributed by atoms with Gasteiger partial charge in [0.05, 0.1) is 15.7 Å². The Morgan fingerprint density at radius 3 is 2.74 bits per heavy atom. The molecule has 3 nitrogen and oxygen atoms in total. The third-order valence-electron chi connectivity index (χ3n) is 2.83. The lowest BCUT2D eigenvalue weighted by atomic mass is 10.3. The molecule has 1 aromatic carbocycles. The maximum atomic E-state index is 6.01. The molecule has 0 radical (unpaired) electrons. The normalized spacial score (nSPS) is 10.7. The highest BCUT2D eigenvalue weighted by atomic mass is 35.5. The first kappa shape index (κ1) is 14.2. The molecule has 0 saturated heterocycles. The van der Waals surface area contributed by atoms with Gasteiger partial charge in [-0.3, -0.25) is 0 Å². The molecule has 0 amide bonds. The molecule has 0 aliphatic heterocycles. The molecule has 0 saturated carbocycles. The molecular formula is C14H17Cl2N3. The highest BCUT2D eigenvalue weighted by molar-refractivity contribution is 6.42. The lowest BCUT2D eigenvalue weighted by Crippen LogP contribution is -2.03. The van der Waals surface area contributed by atoms with E-state index < -0.39 is 0 Å². The summed E-state index contributed by atoms with van der Waals surface area (Å²) in [4.78, 5) is 4.49. The Hall–Kier alpha value is -1.19. The average Bonchev–Trinajstić information content (AvgIpc) is 2.71. The summed E-state index contributed by atoms with van der Waals surface area (Å²) in [5.74, 6) is 0.837. The van der Waals surface area contributed by atoms with Gasteiger partial charge in [-0.1, -0.05) is 36.5 Å². The van der Waals surface area contributed by atoms with Crippen molar-refractivity contribution in [2.75, 3.05) is 5.32 Å². The largest absolute Gasteiger partial charge is 0.326 e. The molecule has 5 heteroatoms. The van der Waals surface area contributed by atoms with E-state index in [0.717, 1.165) is 36.7 Å². The number of benzene rings is 1. The third-order valence-corrected chi connectivity index (χ3v) is 3.56. The Morgan fingerprint density at radius 1 is 1.26 bits per heavy atom. The fraction of sp³-hybridized carbons (Fsp3) is 0.357. The van der Waals surface area contributed by atoms with E-state index in [2.05, 4.69) is 28.0 Å². The van der Waals surface area contributed by atoms with Crippen LogP contribution in [0.3, 0.4) is 0 Å². The Morgan fingerprint density at radius 2 is 2.05 bits per heavy atom. The Balaban J connectivity index is 2.19. The van der Waals surface area contributed by atoms with Crippen LogP contribution in [0.4, 0.5) is 11.6 Å². The summed E-state index contributed by atoms with van der Waals surface area (Å²) >= 11 is 11.9. The average molecular weight is 298 g/mol. The number of unbranched alkanes of at least 4 members (excludes halogenated alkanes) is 1. The van der Waals surface area contributed by atoms with Gasteiger partial charge < -0.3 is 9.88 Å². The fourth-order valence-electron chi connectivity index (χ4n) is 1.85. The molecular weight excluding hydrogens is 281 g/mol. The van der Waals surface area contributed by atoms with Crippen molar-refractivity contribution in [2.24, 2.45) is 0 Å². The molecule has 0 unspecified atom stereocenters. The smallest absolute Gasteiger partial charge is 0.207 e. The van der Waals surface area contributed by atoms with E-state index in [1.54, 1.807) is 12.1 Å². The van der Waals surface area contributed by atoms with E-state index in [9.17, 15) is 0 Å². The SMILES string of the molecule is CCCCn1cc(C)nc1Nc1ccc(Cl)c(Cl)c1. The van der Waals surface area contributed by atoms with Crippen molar-refractivity contribution in [3.8, 4) is 0 Å². The molecule has 0 aliphatic rings. The topological polar surface area (TPSA) is 29.9 Å². The van der Waals surface area contributed by atoms with Gasteiger partial charge in [-0.25, -0.2) is 4.98 Å². The van der Waals surface area contributed by atoms with Gasteiger partial charge in [-0.05, 0) is 31.5 Å². The standard InChI is InChI=1S/C14H17Cl2N3/c1-3-4-7-19-9-10(2)17-14(19)18-11-5-6-12(15)13(16)8-11/h5-6,8-9H,3-4,7H2,1-2H3,(H,17,18). The van der Waals surface area contributed by atoms with Crippen LogP contribution < -0.4 is 5.32 Å². The van der Waals surface area contributed by atoms with E-state index in [4.69, 9.17) is 23.2 Å². The van der Waals surface area contributed by atoms with Crippen molar-refractivity contribution in [1.29, 1.82) is 0 Å². The maximum Gasteiger partial charge on any atom is 0.207 e. The van der Waals surface area contributed by atoms with Gasteiger partial charge in [0, 0.05) is 18.4 Å². The van der Waals surface area contributed by atoms with E-state index in [1.807, 2.05) is 13.0 Å². The van der Waals surface area contributed by atoms with Gasteiger partial charge in [0.15, 0.2) is 0 Å². The molecule has 1 heterocycles. The number of anilines is 2. The second-order valence-electron chi connectivity index (χ2n) is 4.51. The van der Waals surface area contributed by atoms with Gasteiger partial charge in [0.25, 0.3) is 0 Å². The molecule has 1 N–H and O–H groups in total. The second-order valence-corrected chi connectivity index (χ2v) is 5.32. The number of hydrogen-bond acceptors (Lipinski definition) is 2. The molecule has 0 fully saturated rings. The lowest BCUT2D eigenvalue weighted by Gasteiger charge is -2.09. The van der Waals surface area contributed by atoms with Crippen LogP contribution in [0.15, 0.2) is 24.4 Å². The van der Waals surface area contributed by atoms with Crippen molar-refractivity contribution in [3.05, 3.63) is 40.1 Å². The first-order valence-electron chi connectivity index (χ1n) is 6.36. The fourth-order valence-corrected chi connectivity index (χ4v) is 2.15. The summed E-state index contributed by atoms with van der Waals surface area (Å²) in [7, 11) is 0. The number of aryl methyl sites for hydroxylation is 2. The van der Waals surface area contributed by atoms with E-state index in [1.165, 1.54) is 0 Å². The Labute approximate surface area is 123 Å². The van der Waals surface area contributed by atoms with Crippen LogP contribution in [-0.2, 0) is 6.54 Å². The minimum Gasteiger partial charge on any atom is -0.326 e. The third kappa shape index (κ3) is 3.64. The summed E-state index contributed by atoms with van der Waals surface area (Å²) < 4.78 is 2.13. The number of rotatable bonds is 5. The highest BCUT2D eigenvalue weighted by Gasteiger charge is 2.06. The Kier molecular flexibility index (Phi) is 4.72. The number of aromatic nitrogens is 2. The summed E-state index contributed by atoms with van der Waals surface area (Å²) in [6.45, 7) is 5.12. The summed E-state index contributed by atoms with van der Waals surface area (Å²) in [6.07, 6.45) is 4.34. The van der Waals surface area contributed by atoms with Gasteiger partial charge in [-0.15, -0.1) is 0 Å². The van der Waals surface area contributed by atoms with Gasteiger partial charge in [-0.2, -0.15) is 0 Å². The van der Waals surface area contributed by atoms with Crippen molar-refractivity contribution >= 4 is 34.8 Å². The van der Waals surface area contributed by atoms with Crippen LogP contribution in [0.1, 0.15) is 25.5 Å². The number of halogens is 2. The first-order valence-corrected chi connectivity index (χ1v) is 7.11. The van der Waals surface area contributed by atoms with Crippen molar-refractivity contribution < 1.29 is 0 Å².